The molecule has 0 N–H and O–H groups in total. The van der Waals surface area contributed by atoms with Crippen molar-refractivity contribution in [1.29, 1.82) is 5.26 Å². The molecule has 3 atom stereocenters. The monoisotopic (exact) mass is 422 g/mol. The van der Waals surface area contributed by atoms with Gasteiger partial charge in [-0.05, 0) is 63.3 Å². The van der Waals surface area contributed by atoms with Gasteiger partial charge in [0.1, 0.15) is 5.69 Å². The SMILES string of the molecule is C=CCO[C@H]1C[C@]1(C#N)n1c(C(=O)OCC)cc2cc([C@H]3CCOC(C)(C)C3)ccc21. The van der Waals surface area contributed by atoms with Crippen molar-refractivity contribution in [2.45, 2.75) is 63.2 Å². The predicted molar refractivity (Wildman–Crippen MR) is 118 cm³/mol. The Kier molecular flexibility index (Phi) is 5.67. The minimum Gasteiger partial charge on any atom is -0.461 e. The maximum atomic E-state index is 12.8. The van der Waals surface area contributed by atoms with Crippen LogP contribution in [0.1, 0.15) is 62.0 Å². The quantitative estimate of drug-likeness (QED) is 0.478. The van der Waals surface area contributed by atoms with Crippen LogP contribution in [0.15, 0.2) is 36.9 Å². The summed E-state index contributed by atoms with van der Waals surface area (Å²) >= 11 is 0. The van der Waals surface area contributed by atoms with Crippen LogP contribution in [0.5, 0.6) is 0 Å². The lowest BCUT2D eigenvalue weighted by Gasteiger charge is -2.35. The minimum absolute atomic E-state index is 0.144. The van der Waals surface area contributed by atoms with Gasteiger partial charge >= 0.3 is 5.97 Å². The van der Waals surface area contributed by atoms with E-state index in [0.717, 1.165) is 30.4 Å². The zero-order valence-corrected chi connectivity index (χ0v) is 18.5. The molecular weight excluding hydrogens is 392 g/mol. The molecule has 31 heavy (non-hydrogen) atoms. The number of benzene rings is 1. The molecule has 1 aromatic heterocycles. The van der Waals surface area contributed by atoms with Gasteiger partial charge in [0, 0.05) is 18.4 Å². The Labute approximate surface area is 183 Å². The summed E-state index contributed by atoms with van der Waals surface area (Å²) in [5.74, 6) is -0.0199. The van der Waals surface area contributed by atoms with Gasteiger partial charge in [-0.2, -0.15) is 5.26 Å². The van der Waals surface area contributed by atoms with E-state index >= 15 is 0 Å². The zero-order valence-electron chi connectivity index (χ0n) is 18.5. The molecule has 1 aliphatic carbocycles. The molecule has 2 aliphatic rings. The van der Waals surface area contributed by atoms with Gasteiger partial charge in [0.15, 0.2) is 5.54 Å². The predicted octanol–water partition coefficient (Wildman–Crippen LogP) is 4.68. The second-order valence-electron chi connectivity index (χ2n) is 9.05. The third kappa shape index (κ3) is 3.88. The number of nitrogens with zero attached hydrogens (tertiary/aromatic N) is 2. The van der Waals surface area contributed by atoms with Crippen molar-refractivity contribution in [3.8, 4) is 6.07 Å². The fourth-order valence-electron chi connectivity index (χ4n) is 4.80. The number of fused-ring (bicyclic) bond motifs is 1. The Morgan fingerprint density at radius 2 is 2.19 bits per heavy atom. The molecule has 6 heteroatoms. The van der Waals surface area contributed by atoms with Crippen LogP contribution in [-0.2, 0) is 19.7 Å². The van der Waals surface area contributed by atoms with E-state index in [4.69, 9.17) is 14.2 Å². The molecule has 1 aromatic carbocycles. The van der Waals surface area contributed by atoms with E-state index in [1.165, 1.54) is 5.56 Å². The number of hydrogen-bond acceptors (Lipinski definition) is 5. The van der Waals surface area contributed by atoms with E-state index in [0.29, 0.717) is 24.6 Å². The van der Waals surface area contributed by atoms with Crippen molar-refractivity contribution >= 4 is 16.9 Å². The molecule has 2 fully saturated rings. The molecule has 0 amide bonds. The molecule has 1 aliphatic heterocycles. The number of carbonyl (C=O) groups is 1. The normalized spacial score (nSPS) is 26.9. The summed E-state index contributed by atoms with van der Waals surface area (Å²) in [6.45, 7) is 11.1. The zero-order chi connectivity index (χ0) is 22.2. The molecule has 1 saturated carbocycles. The number of rotatable bonds is 7. The fraction of sp³-hybridized carbons (Fsp3) is 0.520. The summed E-state index contributed by atoms with van der Waals surface area (Å²) in [6.07, 6.45) is 3.84. The third-order valence-electron chi connectivity index (χ3n) is 6.36. The van der Waals surface area contributed by atoms with Crippen LogP contribution >= 0.6 is 0 Å². The summed E-state index contributed by atoms with van der Waals surface area (Å²) in [7, 11) is 0. The van der Waals surface area contributed by atoms with Gasteiger partial charge in [-0.25, -0.2) is 4.79 Å². The maximum absolute atomic E-state index is 12.8. The van der Waals surface area contributed by atoms with Gasteiger partial charge in [-0.15, -0.1) is 6.58 Å². The molecule has 4 rings (SSSR count). The van der Waals surface area contributed by atoms with Crippen LogP contribution in [0.25, 0.3) is 10.9 Å². The number of ether oxygens (including phenoxy) is 3. The molecule has 2 heterocycles. The molecule has 0 bridgehead atoms. The molecule has 0 radical (unpaired) electrons. The first-order chi connectivity index (χ1) is 14.8. The van der Waals surface area contributed by atoms with E-state index in [2.05, 4.69) is 38.6 Å². The van der Waals surface area contributed by atoms with Crippen LogP contribution in [0, 0.1) is 11.3 Å². The van der Waals surface area contributed by atoms with Crippen LogP contribution in [-0.4, -0.2) is 42.1 Å². The van der Waals surface area contributed by atoms with E-state index in [1.54, 1.807) is 13.0 Å². The number of carbonyl (C=O) groups excluding carboxylic acids is 1. The van der Waals surface area contributed by atoms with Crippen LogP contribution in [0.2, 0.25) is 0 Å². The third-order valence-corrected chi connectivity index (χ3v) is 6.36. The highest BCUT2D eigenvalue weighted by Crippen LogP contribution is 2.49. The minimum atomic E-state index is -0.908. The van der Waals surface area contributed by atoms with Crippen molar-refractivity contribution in [3.05, 3.63) is 48.2 Å². The molecule has 164 valence electrons. The Morgan fingerprint density at radius 1 is 1.39 bits per heavy atom. The van der Waals surface area contributed by atoms with Gasteiger partial charge in [-0.1, -0.05) is 12.1 Å². The van der Waals surface area contributed by atoms with Crippen LogP contribution in [0.4, 0.5) is 0 Å². The van der Waals surface area contributed by atoms with Gasteiger partial charge in [0.05, 0.1) is 36.5 Å². The Bertz CT molecular complexity index is 1050. The van der Waals surface area contributed by atoms with Crippen LogP contribution < -0.4 is 0 Å². The first-order valence-corrected chi connectivity index (χ1v) is 11.0. The van der Waals surface area contributed by atoms with Crippen molar-refractivity contribution in [1.82, 2.24) is 4.57 Å². The summed E-state index contributed by atoms with van der Waals surface area (Å²) in [5, 5.41) is 11.0. The van der Waals surface area contributed by atoms with E-state index in [9.17, 15) is 10.1 Å². The average molecular weight is 423 g/mol. The standard InChI is InChI=1S/C25H30N2O4/c1-5-10-30-22-15-25(22,16-26)27-20-8-7-17(18-9-11-31-24(3,4)14-18)12-19(20)13-21(27)23(28)29-6-2/h5,7-8,12-13,18,22H,1,6,9-11,14-15H2,2-4H3/t18-,22-,25+/m0/s1. The summed E-state index contributed by atoms with van der Waals surface area (Å²) in [5.41, 5.74) is 1.43. The number of aromatic nitrogens is 1. The lowest BCUT2D eigenvalue weighted by molar-refractivity contribution is -0.0592. The Balaban J connectivity index is 1.77. The summed E-state index contributed by atoms with van der Waals surface area (Å²) in [4.78, 5) is 12.8. The summed E-state index contributed by atoms with van der Waals surface area (Å²) in [6, 6.07) is 10.6. The highest BCUT2D eigenvalue weighted by atomic mass is 16.5. The van der Waals surface area contributed by atoms with Crippen molar-refractivity contribution < 1.29 is 19.0 Å². The van der Waals surface area contributed by atoms with E-state index in [1.807, 2.05) is 16.7 Å². The Hall–Kier alpha value is -2.62. The molecule has 0 unspecified atom stereocenters. The lowest BCUT2D eigenvalue weighted by Crippen LogP contribution is -2.32. The van der Waals surface area contributed by atoms with Gasteiger partial charge in [0.2, 0.25) is 0 Å². The highest BCUT2D eigenvalue weighted by molar-refractivity contribution is 5.96. The molecule has 2 aromatic rings. The van der Waals surface area contributed by atoms with Gasteiger partial charge in [0.25, 0.3) is 0 Å². The molecule has 1 saturated heterocycles. The highest BCUT2D eigenvalue weighted by Gasteiger charge is 2.59. The van der Waals surface area contributed by atoms with Crippen molar-refractivity contribution in [2.24, 2.45) is 0 Å². The number of nitriles is 1. The Morgan fingerprint density at radius 3 is 2.87 bits per heavy atom. The topological polar surface area (TPSA) is 73.5 Å². The lowest BCUT2D eigenvalue weighted by atomic mass is 9.83. The number of hydrogen-bond donors (Lipinski definition) is 0. The molecule has 6 nitrogen and oxygen atoms in total. The molecular formula is C25H30N2O4. The van der Waals surface area contributed by atoms with Crippen molar-refractivity contribution in [2.75, 3.05) is 19.8 Å². The smallest absolute Gasteiger partial charge is 0.355 e. The first kappa shape index (κ1) is 21.6. The van der Waals surface area contributed by atoms with Crippen molar-refractivity contribution in [3.63, 3.8) is 0 Å². The first-order valence-electron chi connectivity index (χ1n) is 11.0. The van der Waals surface area contributed by atoms with E-state index in [-0.39, 0.29) is 18.3 Å². The maximum Gasteiger partial charge on any atom is 0.355 e. The van der Waals surface area contributed by atoms with Gasteiger partial charge < -0.3 is 18.8 Å². The fourth-order valence-corrected chi connectivity index (χ4v) is 4.80. The van der Waals surface area contributed by atoms with Crippen LogP contribution in [0.3, 0.4) is 0 Å². The average Bonchev–Trinajstić information content (AvgIpc) is 3.32. The van der Waals surface area contributed by atoms with E-state index < -0.39 is 11.5 Å². The molecule has 0 spiro atoms. The van der Waals surface area contributed by atoms with Gasteiger partial charge in [-0.3, -0.25) is 0 Å². The number of esters is 1. The second kappa shape index (κ2) is 8.14. The largest absolute Gasteiger partial charge is 0.461 e. The second-order valence-corrected chi connectivity index (χ2v) is 9.05. The summed E-state index contributed by atoms with van der Waals surface area (Å²) < 4.78 is 18.8.